The molecule has 0 radical (unpaired) electrons. The highest BCUT2D eigenvalue weighted by Crippen LogP contribution is 2.35. The molecule has 0 saturated heterocycles. The monoisotopic (exact) mass is 286 g/mol. The van der Waals surface area contributed by atoms with Gasteiger partial charge in [-0.2, -0.15) is 0 Å². The molecule has 3 aromatic rings. The molecule has 21 heavy (non-hydrogen) atoms. The quantitative estimate of drug-likeness (QED) is 0.726. The second-order valence-electron chi connectivity index (χ2n) is 5.58. The van der Waals surface area contributed by atoms with Gasteiger partial charge in [-0.1, -0.05) is 13.8 Å². The Bertz CT molecular complexity index is 903. The van der Waals surface area contributed by atoms with Gasteiger partial charge in [0.1, 0.15) is 11.3 Å². The number of hydrogen-bond acceptors (Lipinski definition) is 4. The van der Waals surface area contributed by atoms with Gasteiger partial charge in [0.25, 0.3) is 5.56 Å². The summed E-state index contributed by atoms with van der Waals surface area (Å²) in [5.41, 5.74) is 3.00. The number of benzene rings is 1. The van der Waals surface area contributed by atoms with Crippen molar-refractivity contribution in [2.24, 2.45) is 7.05 Å². The van der Waals surface area contributed by atoms with Gasteiger partial charge in [0.15, 0.2) is 11.5 Å². The van der Waals surface area contributed by atoms with Gasteiger partial charge in [0.05, 0.1) is 18.0 Å². The van der Waals surface area contributed by atoms with Gasteiger partial charge in [0, 0.05) is 25.1 Å². The number of aromatic nitrogens is 2. The maximum atomic E-state index is 12.0. The van der Waals surface area contributed by atoms with E-state index in [1.165, 1.54) is 0 Å². The molecule has 0 aliphatic heterocycles. The summed E-state index contributed by atoms with van der Waals surface area (Å²) < 4.78 is 13.0. The van der Waals surface area contributed by atoms with E-state index in [2.05, 4.69) is 4.98 Å². The molecule has 5 nitrogen and oxygen atoms in total. The Balaban J connectivity index is 2.58. The molecule has 0 unspecified atom stereocenters. The van der Waals surface area contributed by atoms with Gasteiger partial charge in [0.2, 0.25) is 0 Å². The van der Waals surface area contributed by atoms with E-state index in [0.29, 0.717) is 17.2 Å². The van der Waals surface area contributed by atoms with Crippen LogP contribution in [-0.2, 0) is 7.05 Å². The number of hydrogen-bond donors (Lipinski definition) is 0. The predicted octanol–water partition coefficient (Wildman–Crippen LogP) is 3.12. The fourth-order valence-electron chi connectivity index (χ4n) is 2.62. The van der Waals surface area contributed by atoms with E-state index in [1.54, 1.807) is 24.8 Å². The van der Waals surface area contributed by atoms with E-state index in [-0.39, 0.29) is 11.5 Å². The van der Waals surface area contributed by atoms with Crippen molar-refractivity contribution in [3.63, 3.8) is 0 Å². The standard InChI is InChI=1S/C16H18N2O3/c1-8(2)16-17-10-7-11(20-5)14-13(15(10)21-16)9(3)6-12(19)18(14)4/h6-8H,1-5H3. The zero-order valence-electron chi connectivity index (χ0n) is 12.9. The summed E-state index contributed by atoms with van der Waals surface area (Å²) in [5, 5.41) is 0.880. The van der Waals surface area contributed by atoms with Gasteiger partial charge >= 0.3 is 0 Å². The van der Waals surface area contributed by atoms with E-state index < -0.39 is 0 Å². The Kier molecular flexibility index (Phi) is 3.01. The molecule has 2 heterocycles. The maximum absolute atomic E-state index is 12.0. The Hall–Kier alpha value is -2.30. The van der Waals surface area contributed by atoms with Crippen LogP contribution in [0.25, 0.3) is 22.0 Å². The van der Waals surface area contributed by atoms with Gasteiger partial charge in [-0.15, -0.1) is 0 Å². The van der Waals surface area contributed by atoms with Gasteiger partial charge < -0.3 is 13.7 Å². The first kappa shape index (κ1) is 13.7. The lowest BCUT2D eigenvalue weighted by molar-refractivity contribution is 0.418. The van der Waals surface area contributed by atoms with Crippen LogP contribution in [0.4, 0.5) is 0 Å². The second kappa shape index (κ2) is 4.62. The Morgan fingerprint density at radius 3 is 2.67 bits per heavy atom. The molecule has 0 saturated carbocycles. The molecule has 5 heteroatoms. The molecule has 0 aliphatic rings. The summed E-state index contributed by atoms with van der Waals surface area (Å²) >= 11 is 0. The fourth-order valence-corrected chi connectivity index (χ4v) is 2.62. The minimum Gasteiger partial charge on any atom is -0.494 e. The molecule has 3 rings (SSSR count). The first-order chi connectivity index (χ1) is 9.93. The summed E-state index contributed by atoms with van der Waals surface area (Å²) in [5.74, 6) is 1.52. The number of rotatable bonds is 2. The first-order valence-electron chi connectivity index (χ1n) is 6.91. The maximum Gasteiger partial charge on any atom is 0.251 e. The van der Waals surface area contributed by atoms with E-state index in [1.807, 2.05) is 26.8 Å². The molecule has 0 aliphatic carbocycles. The normalized spacial score (nSPS) is 11.7. The fraction of sp³-hybridized carbons (Fsp3) is 0.375. The topological polar surface area (TPSA) is 57.3 Å². The average molecular weight is 286 g/mol. The molecule has 0 N–H and O–H groups in total. The summed E-state index contributed by atoms with van der Waals surface area (Å²) in [6.07, 6.45) is 0. The van der Waals surface area contributed by atoms with Crippen LogP contribution < -0.4 is 10.3 Å². The van der Waals surface area contributed by atoms with Crippen molar-refractivity contribution in [1.29, 1.82) is 0 Å². The highest BCUT2D eigenvalue weighted by atomic mass is 16.5. The summed E-state index contributed by atoms with van der Waals surface area (Å²) in [4.78, 5) is 16.6. The number of methoxy groups -OCH3 is 1. The molecule has 0 fully saturated rings. The van der Waals surface area contributed by atoms with Crippen molar-refractivity contribution < 1.29 is 9.15 Å². The van der Waals surface area contributed by atoms with Crippen LogP contribution in [0.2, 0.25) is 0 Å². The number of aryl methyl sites for hydroxylation is 2. The van der Waals surface area contributed by atoms with Crippen LogP contribution in [-0.4, -0.2) is 16.7 Å². The van der Waals surface area contributed by atoms with Crippen molar-refractivity contribution in [3.8, 4) is 5.75 Å². The van der Waals surface area contributed by atoms with Crippen molar-refractivity contribution in [1.82, 2.24) is 9.55 Å². The smallest absolute Gasteiger partial charge is 0.251 e. The molecule has 1 aromatic carbocycles. The minimum atomic E-state index is -0.0683. The number of pyridine rings is 1. The van der Waals surface area contributed by atoms with Crippen LogP contribution >= 0.6 is 0 Å². The van der Waals surface area contributed by atoms with E-state index >= 15 is 0 Å². The lowest BCUT2D eigenvalue weighted by atomic mass is 10.1. The molecular weight excluding hydrogens is 268 g/mol. The highest BCUT2D eigenvalue weighted by molar-refractivity contribution is 6.06. The largest absolute Gasteiger partial charge is 0.494 e. The van der Waals surface area contributed by atoms with Crippen molar-refractivity contribution in [2.45, 2.75) is 26.7 Å². The molecule has 0 spiro atoms. The molecule has 110 valence electrons. The third-order valence-corrected chi connectivity index (χ3v) is 3.75. The SMILES string of the molecule is COc1cc2nc(C(C)C)oc2c2c(C)cc(=O)n(C)c12. The molecule has 0 atom stereocenters. The molecule has 2 aromatic heterocycles. The van der Waals surface area contributed by atoms with Crippen molar-refractivity contribution in [2.75, 3.05) is 7.11 Å². The average Bonchev–Trinajstić information content (AvgIpc) is 2.86. The van der Waals surface area contributed by atoms with Crippen LogP contribution in [0.3, 0.4) is 0 Å². The number of ether oxygens (including phenoxy) is 1. The number of nitrogens with zero attached hydrogens (tertiary/aromatic N) is 2. The van der Waals surface area contributed by atoms with Crippen LogP contribution in [0.5, 0.6) is 5.75 Å². The zero-order valence-corrected chi connectivity index (χ0v) is 12.9. The lowest BCUT2D eigenvalue weighted by Gasteiger charge is -2.11. The Labute approximate surface area is 122 Å². The first-order valence-corrected chi connectivity index (χ1v) is 6.91. The van der Waals surface area contributed by atoms with Crippen LogP contribution in [0.1, 0.15) is 31.2 Å². The van der Waals surface area contributed by atoms with Gasteiger partial charge in [-0.3, -0.25) is 4.79 Å². The van der Waals surface area contributed by atoms with E-state index in [0.717, 1.165) is 22.0 Å². The predicted molar refractivity (Wildman–Crippen MR) is 82.1 cm³/mol. The summed E-state index contributed by atoms with van der Waals surface area (Å²) in [7, 11) is 3.33. The molecular formula is C16H18N2O3. The highest BCUT2D eigenvalue weighted by Gasteiger charge is 2.19. The number of oxazole rings is 1. The third kappa shape index (κ3) is 1.92. The molecule has 0 amide bonds. The third-order valence-electron chi connectivity index (χ3n) is 3.75. The second-order valence-corrected chi connectivity index (χ2v) is 5.58. The minimum absolute atomic E-state index is 0.0683. The van der Waals surface area contributed by atoms with E-state index in [4.69, 9.17) is 9.15 Å². The van der Waals surface area contributed by atoms with Crippen molar-refractivity contribution in [3.05, 3.63) is 33.9 Å². The molecule has 0 bridgehead atoms. The van der Waals surface area contributed by atoms with Gasteiger partial charge in [-0.05, 0) is 12.5 Å². The van der Waals surface area contributed by atoms with Gasteiger partial charge in [-0.25, -0.2) is 4.98 Å². The van der Waals surface area contributed by atoms with Crippen LogP contribution in [0, 0.1) is 6.92 Å². The summed E-state index contributed by atoms with van der Waals surface area (Å²) in [6.45, 7) is 5.97. The van der Waals surface area contributed by atoms with Crippen LogP contribution in [0.15, 0.2) is 21.3 Å². The Morgan fingerprint density at radius 1 is 1.33 bits per heavy atom. The lowest BCUT2D eigenvalue weighted by Crippen LogP contribution is -2.17. The Morgan fingerprint density at radius 2 is 2.05 bits per heavy atom. The summed E-state index contributed by atoms with van der Waals surface area (Å²) in [6, 6.07) is 3.44. The van der Waals surface area contributed by atoms with Crippen molar-refractivity contribution >= 4 is 22.0 Å². The number of fused-ring (bicyclic) bond motifs is 3. The zero-order chi connectivity index (χ0) is 15.3. The van der Waals surface area contributed by atoms with E-state index in [9.17, 15) is 4.79 Å².